The molecule has 16 heavy (non-hydrogen) atoms. The van der Waals surface area contributed by atoms with Gasteiger partial charge in [-0.25, -0.2) is 4.98 Å². The number of rotatable bonds is 2. The van der Waals surface area contributed by atoms with Crippen LogP contribution in [0, 0.1) is 6.92 Å². The monoisotopic (exact) mass is 212 g/mol. The molecule has 0 amide bonds. The van der Waals surface area contributed by atoms with Crippen LogP contribution in [0.1, 0.15) is 18.1 Å². The van der Waals surface area contributed by atoms with Gasteiger partial charge in [-0.1, -0.05) is 31.2 Å². The van der Waals surface area contributed by atoms with Gasteiger partial charge < -0.3 is 5.73 Å². The molecule has 2 aromatic rings. The van der Waals surface area contributed by atoms with Gasteiger partial charge >= 0.3 is 0 Å². The Morgan fingerprint density at radius 2 is 1.88 bits per heavy atom. The van der Waals surface area contributed by atoms with Gasteiger partial charge in [-0.2, -0.15) is 0 Å². The number of nitrogens with two attached hydrogens (primary N) is 1. The van der Waals surface area contributed by atoms with E-state index in [-0.39, 0.29) is 0 Å². The van der Waals surface area contributed by atoms with Crippen molar-refractivity contribution < 1.29 is 0 Å². The highest BCUT2D eigenvalue weighted by molar-refractivity contribution is 5.67. The van der Waals surface area contributed by atoms with E-state index in [1.54, 1.807) is 0 Å². The molecule has 2 rings (SSSR count). The third-order valence-electron chi connectivity index (χ3n) is 2.81. The number of benzene rings is 1. The van der Waals surface area contributed by atoms with Crippen molar-refractivity contribution in [3.8, 4) is 11.1 Å². The summed E-state index contributed by atoms with van der Waals surface area (Å²) in [5.41, 5.74) is 10.5. The van der Waals surface area contributed by atoms with Crippen molar-refractivity contribution in [1.29, 1.82) is 0 Å². The van der Waals surface area contributed by atoms with Gasteiger partial charge in [0.05, 0.1) is 0 Å². The van der Waals surface area contributed by atoms with E-state index >= 15 is 0 Å². The highest BCUT2D eigenvalue weighted by Crippen LogP contribution is 2.23. The van der Waals surface area contributed by atoms with Gasteiger partial charge in [-0.15, -0.1) is 0 Å². The van der Waals surface area contributed by atoms with Crippen LogP contribution in [0.2, 0.25) is 0 Å². The first-order chi connectivity index (χ1) is 7.70. The molecule has 82 valence electrons. The van der Waals surface area contributed by atoms with Crippen LogP contribution < -0.4 is 5.73 Å². The summed E-state index contributed by atoms with van der Waals surface area (Å²) in [6.45, 7) is 4.21. The molecule has 0 saturated carbocycles. The Hall–Kier alpha value is -1.83. The average molecular weight is 212 g/mol. The van der Waals surface area contributed by atoms with E-state index < -0.39 is 0 Å². The van der Waals surface area contributed by atoms with E-state index in [9.17, 15) is 0 Å². The van der Waals surface area contributed by atoms with Gasteiger partial charge in [0.1, 0.15) is 5.82 Å². The van der Waals surface area contributed by atoms with Gasteiger partial charge in [0.25, 0.3) is 0 Å². The Labute approximate surface area is 96.1 Å². The number of hydrogen-bond acceptors (Lipinski definition) is 2. The molecule has 0 fully saturated rings. The number of nitrogen functional groups attached to an aromatic ring is 1. The minimum Gasteiger partial charge on any atom is -0.384 e. The molecular formula is C14H16N2. The summed E-state index contributed by atoms with van der Waals surface area (Å²) in [4.78, 5) is 4.14. The number of pyridine rings is 1. The first-order valence-electron chi connectivity index (χ1n) is 5.52. The summed E-state index contributed by atoms with van der Waals surface area (Å²) in [7, 11) is 0. The molecule has 0 aliphatic heterocycles. The van der Waals surface area contributed by atoms with Crippen LogP contribution in [-0.4, -0.2) is 4.98 Å². The lowest BCUT2D eigenvalue weighted by Gasteiger charge is -2.07. The maximum absolute atomic E-state index is 5.64. The van der Waals surface area contributed by atoms with Crippen LogP contribution in [0.5, 0.6) is 0 Å². The fourth-order valence-corrected chi connectivity index (χ4v) is 1.80. The fourth-order valence-electron chi connectivity index (χ4n) is 1.80. The second-order valence-electron chi connectivity index (χ2n) is 3.97. The van der Waals surface area contributed by atoms with Crippen molar-refractivity contribution in [1.82, 2.24) is 4.98 Å². The van der Waals surface area contributed by atoms with Crippen LogP contribution in [0.4, 0.5) is 5.82 Å². The molecule has 0 aliphatic rings. The summed E-state index contributed by atoms with van der Waals surface area (Å²) in [6.07, 6.45) is 2.91. The lowest BCUT2D eigenvalue weighted by Crippen LogP contribution is -1.92. The van der Waals surface area contributed by atoms with Gasteiger partial charge in [-0.3, -0.25) is 0 Å². The van der Waals surface area contributed by atoms with Crippen LogP contribution in [0.15, 0.2) is 36.5 Å². The number of nitrogens with zero attached hydrogens (tertiary/aromatic N) is 1. The zero-order valence-corrected chi connectivity index (χ0v) is 9.70. The molecule has 0 spiro atoms. The molecule has 2 N–H and O–H groups in total. The third-order valence-corrected chi connectivity index (χ3v) is 2.81. The van der Waals surface area contributed by atoms with Crippen molar-refractivity contribution in [3.05, 3.63) is 47.7 Å². The highest BCUT2D eigenvalue weighted by Gasteiger charge is 2.02. The second kappa shape index (κ2) is 4.35. The topological polar surface area (TPSA) is 38.9 Å². The molecule has 1 heterocycles. The Morgan fingerprint density at radius 3 is 2.44 bits per heavy atom. The molecule has 1 aromatic heterocycles. The van der Waals surface area contributed by atoms with E-state index in [0.29, 0.717) is 5.82 Å². The molecule has 0 atom stereocenters. The molecule has 0 radical (unpaired) electrons. The maximum Gasteiger partial charge on any atom is 0.123 e. The first kappa shape index (κ1) is 10.7. The molecule has 0 aliphatic carbocycles. The summed E-state index contributed by atoms with van der Waals surface area (Å²) >= 11 is 0. The number of anilines is 1. The van der Waals surface area contributed by atoms with Crippen LogP contribution in [0.3, 0.4) is 0 Å². The van der Waals surface area contributed by atoms with Crippen molar-refractivity contribution >= 4 is 5.82 Å². The molecule has 2 heteroatoms. The van der Waals surface area contributed by atoms with Gasteiger partial charge in [-0.05, 0) is 36.1 Å². The average Bonchev–Trinajstić information content (AvgIpc) is 2.29. The standard InChI is InChI=1S/C14H16N2/c1-3-11-4-6-12(7-5-11)13-9-16-14(15)8-10(13)2/h4-9H,3H2,1-2H3,(H2,15,16). The molecule has 0 bridgehead atoms. The van der Waals surface area contributed by atoms with Crippen LogP contribution in [0.25, 0.3) is 11.1 Å². The normalized spacial score (nSPS) is 10.4. The van der Waals surface area contributed by atoms with Gasteiger partial charge in [0.2, 0.25) is 0 Å². The lowest BCUT2D eigenvalue weighted by atomic mass is 10.0. The fraction of sp³-hybridized carbons (Fsp3) is 0.214. The summed E-state index contributed by atoms with van der Waals surface area (Å²) in [5.74, 6) is 0.575. The number of aryl methyl sites for hydroxylation is 2. The zero-order chi connectivity index (χ0) is 11.5. The molecule has 0 unspecified atom stereocenters. The van der Waals surface area contributed by atoms with Crippen molar-refractivity contribution in [2.75, 3.05) is 5.73 Å². The van der Waals surface area contributed by atoms with Crippen molar-refractivity contribution in [3.63, 3.8) is 0 Å². The summed E-state index contributed by atoms with van der Waals surface area (Å²) in [5, 5.41) is 0. The zero-order valence-electron chi connectivity index (χ0n) is 9.70. The Balaban J connectivity index is 2.42. The lowest BCUT2D eigenvalue weighted by molar-refractivity contribution is 1.14. The Kier molecular flexibility index (Phi) is 2.91. The number of aromatic nitrogens is 1. The Morgan fingerprint density at radius 1 is 1.19 bits per heavy atom. The van der Waals surface area contributed by atoms with Crippen LogP contribution in [-0.2, 0) is 6.42 Å². The van der Waals surface area contributed by atoms with Crippen LogP contribution >= 0.6 is 0 Å². The second-order valence-corrected chi connectivity index (χ2v) is 3.97. The first-order valence-corrected chi connectivity index (χ1v) is 5.52. The quantitative estimate of drug-likeness (QED) is 0.830. The largest absolute Gasteiger partial charge is 0.384 e. The Bertz CT molecular complexity index is 487. The van der Waals surface area contributed by atoms with E-state index in [1.165, 1.54) is 11.1 Å². The number of hydrogen-bond donors (Lipinski definition) is 1. The molecule has 0 saturated heterocycles. The van der Waals surface area contributed by atoms with Crippen molar-refractivity contribution in [2.24, 2.45) is 0 Å². The maximum atomic E-state index is 5.64. The molecule has 2 nitrogen and oxygen atoms in total. The third kappa shape index (κ3) is 2.06. The summed E-state index contributed by atoms with van der Waals surface area (Å²) in [6, 6.07) is 10.5. The van der Waals surface area contributed by atoms with E-state index in [2.05, 4.69) is 43.1 Å². The predicted octanol–water partition coefficient (Wildman–Crippen LogP) is 3.20. The van der Waals surface area contributed by atoms with Gasteiger partial charge in [0, 0.05) is 11.8 Å². The SMILES string of the molecule is CCc1ccc(-c2cnc(N)cc2C)cc1. The van der Waals surface area contributed by atoms with E-state index in [1.807, 2.05) is 12.3 Å². The van der Waals surface area contributed by atoms with Gasteiger partial charge in [0.15, 0.2) is 0 Å². The summed E-state index contributed by atoms with van der Waals surface area (Å²) < 4.78 is 0. The van der Waals surface area contributed by atoms with E-state index in [0.717, 1.165) is 17.5 Å². The predicted molar refractivity (Wildman–Crippen MR) is 68.2 cm³/mol. The smallest absolute Gasteiger partial charge is 0.123 e. The highest BCUT2D eigenvalue weighted by atomic mass is 14.8. The molecular weight excluding hydrogens is 196 g/mol. The minimum atomic E-state index is 0.575. The minimum absolute atomic E-state index is 0.575. The van der Waals surface area contributed by atoms with E-state index in [4.69, 9.17) is 5.73 Å². The molecule has 1 aromatic carbocycles. The van der Waals surface area contributed by atoms with Crippen molar-refractivity contribution in [2.45, 2.75) is 20.3 Å².